The summed E-state index contributed by atoms with van der Waals surface area (Å²) < 4.78 is 41.9. The van der Waals surface area contributed by atoms with Crippen LogP contribution < -0.4 is 10.6 Å². The summed E-state index contributed by atoms with van der Waals surface area (Å²) >= 11 is 1.71. The standard InChI is InChI=1S/C24H25F3N8S/c1-3-35(11-10-28-2)36-20-8-6-19(7-9-20)31-23-29-14-16(15-30-23)4-5-17-12-18(24(25,26)27)13-21-22(17)33-34-32-21/h4-9,12-15,28H,3,10-11H2,1-2H3,(H,29,30,31)(H,32,33,34)/b5-4+. The summed E-state index contributed by atoms with van der Waals surface area (Å²) in [7, 11) is 1.94. The van der Waals surface area contributed by atoms with Crippen LogP contribution in [0.4, 0.5) is 24.8 Å². The molecule has 0 bridgehead atoms. The van der Waals surface area contributed by atoms with Crippen molar-refractivity contribution in [2.24, 2.45) is 0 Å². The predicted molar refractivity (Wildman–Crippen MR) is 137 cm³/mol. The van der Waals surface area contributed by atoms with Gasteiger partial charge < -0.3 is 10.6 Å². The number of alkyl halides is 3. The lowest BCUT2D eigenvalue weighted by atomic mass is 10.1. The molecule has 4 rings (SSSR count). The minimum atomic E-state index is -4.48. The third-order valence-corrected chi connectivity index (χ3v) is 6.40. The van der Waals surface area contributed by atoms with Crippen molar-refractivity contribution in [1.29, 1.82) is 0 Å². The molecule has 188 valence electrons. The van der Waals surface area contributed by atoms with Gasteiger partial charge in [0.2, 0.25) is 5.95 Å². The van der Waals surface area contributed by atoms with Gasteiger partial charge in [-0.05, 0) is 55.4 Å². The molecule has 0 radical (unpaired) electrons. The van der Waals surface area contributed by atoms with E-state index in [1.807, 2.05) is 31.3 Å². The van der Waals surface area contributed by atoms with Crippen LogP contribution >= 0.6 is 11.9 Å². The molecule has 0 aliphatic carbocycles. The van der Waals surface area contributed by atoms with Gasteiger partial charge in [0.25, 0.3) is 0 Å². The van der Waals surface area contributed by atoms with Gasteiger partial charge in [-0.1, -0.05) is 19.1 Å². The van der Waals surface area contributed by atoms with Crippen LogP contribution in [0.1, 0.15) is 23.6 Å². The fourth-order valence-electron chi connectivity index (χ4n) is 3.32. The van der Waals surface area contributed by atoms with Crippen molar-refractivity contribution in [2.75, 3.05) is 32.0 Å². The molecule has 0 atom stereocenters. The maximum atomic E-state index is 13.2. The second-order valence-electron chi connectivity index (χ2n) is 7.79. The lowest BCUT2D eigenvalue weighted by Gasteiger charge is -2.18. The first-order valence-corrected chi connectivity index (χ1v) is 12.0. The largest absolute Gasteiger partial charge is 0.416 e. The Morgan fingerprint density at radius 2 is 1.81 bits per heavy atom. The third kappa shape index (κ3) is 6.59. The minimum absolute atomic E-state index is 0.144. The molecule has 0 aliphatic rings. The number of hydrogen-bond donors (Lipinski definition) is 3. The van der Waals surface area contributed by atoms with Gasteiger partial charge in [-0.3, -0.25) is 0 Å². The van der Waals surface area contributed by atoms with Crippen LogP contribution in [0.5, 0.6) is 0 Å². The molecule has 2 heterocycles. The number of aromatic amines is 1. The molecule has 0 unspecified atom stereocenters. The van der Waals surface area contributed by atoms with E-state index >= 15 is 0 Å². The van der Waals surface area contributed by atoms with Crippen molar-refractivity contribution in [3.05, 3.63) is 65.5 Å². The Morgan fingerprint density at radius 1 is 1.06 bits per heavy atom. The van der Waals surface area contributed by atoms with E-state index in [9.17, 15) is 13.2 Å². The number of halogens is 3. The van der Waals surface area contributed by atoms with E-state index in [-0.39, 0.29) is 5.52 Å². The van der Waals surface area contributed by atoms with Crippen LogP contribution in [0.15, 0.2) is 53.7 Å². The van der Waals surface area contributed by atoms with E-state index in [0.717, 1.165) is 42.3 Å². The van der Waals surface area contributed by atoms with Crippen molar-refractivity contribution < 1.29 is 13.2 Å². The zero-order chi connectivity index (χ0) is 25.5. The summed E-state index contributed by atoms with van der Waals surface area (Å²) in [6.45, 7) is 4.94. The Bertz CT molecular complexity index is 1300. The molecule has 0 saturated carbocycles. The second-order valence-corrected chi connectivity index (χ2v) is 8.96. The molecule has 0 amide bonds. The van der Waals surface area contributed by atoms with Crippen LogP contribution in [0.3, 0.4) is 0 Å². The maximum Gasteiger partial charge on any atom is 0.416 e. The average Bonchev–Trinajstić information content (AvgIpc) is 3.35. The highest BCUT2D eigenvalue weighted by molar-refractivity contribution is 7.97. The number of hydrogen-bond acceptors (Lipinski definition) is 8. The number of benzene rings is 2. The second kappa shape index (κ2) is 11.5. The van der Waals surface area contributed by atoms with E-state index in [1.165, 1.54) is 0 Å². The molecule has 0 saturated heterocycles. The molecule has 0 spiro atoms. The van der Waals surface area contributed by atoms with E-state index in [4.69, 9.17) is 0 Å². The summed E-state index contributed by atoms with van der Waals surface area (Å²) in [5.74, 6) is 0.412. The molecular formula is C24H25F3N8S. The SMILES string of the molecule is CCN(CCNC)Sc1ccc(Nc2ncc(/C=C/c3cc(C(F)(F)F)cc4n[nH]nc34)cn2)cc1. The Morgan fingerprint density at radius 3 is 2.47 bits per heavy atom. The monoisotopic (exact) mass is 514 g/mol. The molecule has 0 aliphatic heterocycles. The molecule has 0 fully saturated rings. The summed E-state index contributed by atoms with van der Waals surface area (Å²) in [5.41, 5.74) is 1.47. The zero-order valence-electron chi connectivity index (χ0n) is 19.7. The number of anilines is 2. The number of aromatic nitrogens is 5. The first kappa shape index (κ1) is 25.6. The summed E-state index contributed by atoms with van der Waals surface area (Å²) in [6, 6.07) is 10.00. The molecule has 2 aromatic heterocycles. The third-order valence-electron chi connectivity index (χ3n) is 5.21. The first-order chi connectivity index (χ1) is 17.4. The fourth-order valence-corrected chi connectivity index (χ4v) is 4.19. The van der Waals surface area contributed by atoms with Crippen molar-refractivity contribution in [1.82, 2.24) is 35.0 Å². The van der Waals surface area contributed by atoms with Crippen molar-refractivity contribution >= 4 is 46.8 Å². The average molecular weight is 515 g/mol. The van der Waals surface area contributed by atoms with E-state index in [2.05, 4.69) is 47.2 Å². The summed E-state index contributed by atoms with van der Waals surface area (Å²) in [6.07, 6.45) is 1.87. The first-order valence-electron chi connectivity index (χ1n) is 11.2. The van der Waals surface area contributed by atoms with Crippen molar-refractivity contribution in [3.63, 3.8) is 0 Å². The highest BCUT2D eigenvalue weighted by Gasteiger charge is 2.31. The Hall–Kier alpha value is -3.48. The number of nitrogens with one attached hydrogen (secondary N) is 3. The van der Waals surface area contributed by atoms with E-state index in [0.29, 0.717) is 22.6 Å². The lowest BCUT2D eigenvalue weighted by molar-refractivity contribution is -0.137. The van der Waals surface area contributed by atoms with Gasteiger partial charge in [0.05, 0.1) is 5.56 Å². The summed E-state index contributed by atoms with van der Waals surface area (Å²) in [4.78, 5) is 9.75. The van der Waals surface area contributed by atoms with Crippen LogP contribution in [0, 0.1) is 0 Å². The fraction of sp³-hybridized carbons (Fsp3) is 0.250. The van der Waals surface area contributed by atoms with Gasteiger partial charge >= 0.3 is 6.18 Å². The van der Waals surface area contributed by atoms with E-state index in [1.54, 1.807) is 36.5 Å². The zero-order valence-corrected chi connectivity index (χ0v) is 20.5. The van der Waals surface area contributed by atoms with Crippen LogP contribution in [-0.2, 0) is 6.18 Å². The van der Waals surface area contributed by atoms with Crippen LogP contribution in [0.25, 0.3) is 23.2 Å². The van der Waals surface area contributed by atoms with E-state index < -0.39 is 11.7 Å². The maximum absolute atomic E-state index is 13.2. The highest BCUT2D eigenvalue weighted by Crippen LogP contribution is 2.33. The predicted octanol–water partition coefficient (Wildman–Crippen LogP) is 5.23. The Kier molecular flexibility index (Phi) is 8.18. The minimum Gasteiger partial charge on any atom is -0.324 e. The number of H-pyrrole nitrogens is 1. The molecule has 12 heteroatoms. The Balaban J connectivity index is 1.41. The topological polar surface area (TPSA) is 94.7 Å². The quantitative estimate of drug-likeness (QED) is 0.248. The molecule has 4 aromatic rings. The van der Waals surface area contributed by atoms with Gasteiger partial charge in [0.15, 0.2) is 0 Å². The number of nitrogens with zero attached hydrogens (tertiary/aromatic N) is 5. The van der Waals surface area contributed by atoms with Gasteiger partial charge in [-0.15, -0.1) is 0 Å². The van der Waals surface area contributed by atoms with Crippen molar-refractivity contribution in [3.8, 4) is 0 Å². The highest BCUT2D eigenvalue weighted by atomic mass is 32.2. The van der Waals surface area contributed by atoms with Crippen LogP contribution in [0.2, 0.25) is 0 Å². The van der Waals surface area contributed by atoms with Gasteiger partial charge in [-0.25, -0.2) is 14.3 Å². The van der Waals surface area contributed by atoms with Crippen LogP contribution in [-0.4, -0.2) is 56.4 Å². The Labute approximate surface area is 210 Å². The molecule has 8 nitrogen and oxygen atoms in total. The number of rotatable bonds is 10. The molecule has 2 aromatic carbocycles. The number of fused-ring (bicyclic) bond motifs is 1. The normalized spacial score (nSPS) is 12.2. The van der Waals surface area contributed by atoms with Gasteiger partial charge in [0.1, 0.15) is 11.0 Å². The lowest BCUT2D eigenvalue weighted by Crippen LogP contribution is -2.25. The van der Waals surface area contributed by atoms with Gasteiger partial charge in [0, 0.05) is 53.7 Å². The summed E-state index contributed by atoms with van der Waals surface area (Å²) in [5, 5.41) is 16.4. The molecular weight excluding hydrogens is 489 g/mol. The molecule has 3 N–H and O–H groups in total. The molecule has 36 heavy (non-hydrogen) atoms. The van der Waals surface area contributed by atoms with Gasteiger partial charge in [-0.2, -0.15) is 28.6 Å². The van der Waals surface area contributed by atoms with Crippen molar-refractivity contribution in [2.45, 2.75) is 18.0 Å². The number of likely N-dealkylation sites (N-methyl/N-ethyl adjacent to an activating group) is 2. The smallest absolute Gasteiger partial charge is 0.324 e.